The molecule has 22 heavy (non-hydrogen) atoms. The van der Waals surface area contributed by atoms with Gasteiger partial charge >= 0.3 is 5.97 Å². The first-order valence-electron chi connectivity index (χ1n) is 6.07. The Morgan fingerprint density at radius 2 is 2.27 bits per heavy atom. The number of hydrogen-bond donors (Lipinski definition) is 0. The Kier molecular flexibility index (Phi) is 5.45. The van der Waals surface area contributed by atoms with E-state index in [1.165, 1.54) is 19.7 Å². The van der Waals surface area contributed by atoms with Crippen LogP contribution in [0.1, 0.15) is 5.56 Å². The molecule has 0 fully saturated rings. The maximum absolute atomic E-state index is 11.9. The van der Waals surface area contributed by atoms with Crippen LogP contribution in [0.3, 0.4) is 0 Å². The van der Waals surface area contributed by atoms with Gasteiger partial charge in [-0.1, -0.05) is 18.2 Å². The molecule has 2 rings (SSSR count). The van der Waals surface area contributed by atoms with Crippen molar-refractivity contribution in [2.45, 2.75) is 0 Å². The van der Waals surface area contributed by atoms with Crippen LogP contribution in [-0.4, -0.2) is 29.0 Å². The van der Waals surface area contributed by atoms with Crippen molar-refractivity contribution < 1.29 is 19.0 Å². The summed E-state index contributed by atoms with van der Waals surface area (Å²) < 4.78 is 19.2. The predicted octanol–water partition coefficient (Wildman–Crippen LogP) is 2.38. The zero-order valence-electron chi connectivity index (χ0n) is 11.6. The van der Waals surface area contributed by atoms with Crippen molar-refractivity contribution in [2.24, 2.45) is 0 Å². The smallest absolute Gasteiger partial charge is 0.341 e. The van der Waals surface area contributed by atoms with Gasteiger partial charge < -0.3 is 14.2 Å². The number of benzene rings is 1. The van der Waals surface area contributed by atoms with Crippen LogP contribution in [0, 0.1) is 11.3 Å². The minimum atomic E-state index is -0.605. The van der Waals surface area contributed by atoms with Gasteiger partial charge in [0.15, 0.2) is 6.61 Å². The topological polar surface area (TPSA) is 94.3 Å². The lowest BCUT2D eigenvalue weighted by molar-refractivity contribution is -0.133. The zero-order valence-corrected chi connectivity index (χ0v) is 12.4. The molecule has 112 valence electrons. The van der Waals surface area contributed by atoms with Gasteiger partial charge in [-0.2, -0.15) is 14.6 Å². The highest BCUT2D eigenvalue weighted by atomic mass is 32.1. The largest absolute Gasteiger partial charge is 0.485 e. The van der Waals surface area contributed by atoms with E-state index >= 15 is 0 Å². The molecule has 0 aliphatic rings. The maximum atomic E-state index is 11.9. The fourth-order valence-corrected chi connectivity index (χ4v) is 1.98. The third kappa shape index (κ3) is 3.80. The van der Waals surface area contributed by atoms with Crippen LogP contribution in [-0.2, 0) is 14.3 Å². The molecule has 1 heterocycles. The number of ether oxygens (including phenoxy) is 3. The standard InChI is InChI=1S/C14H11N3O4S/c1-19-13(18)11(8-20-7-6-15)10-4-2-3-5-12(10)21-14-16-9-17-22-14/h2-5,8-9H,7H2,1H3/b11-8+. The number of carbonyl (C=O) groups excluding carboxylic acids is 1. The van der Waals surface area contributed by atoms with Crippen molar-refractivity contribution in [1.29, 1.82) is 5.26 Å². The Hall–Kier alpha value is -2.92. The summed E-state index contributed by atoms with van der Waals surface area (Å²) >= 11 is 1.08. The molecular weight excluding hydrogens is 306 g/mol. The van der Waals surface area contributed by atoms with Crippen LogP contribution >= 0.6 is 11.5 Å². The first kappa shape index (κ1) is 15.5. The van der Waals surface area contributed by atoms with Gasteiger partial charge in [0.25, 0.3) is 5.19 Å². The van der Waals surface area contributed by atoms with Gasteiger partial charge in [0.05, 0.1) is 13.4 Å². The van der Waals surface area contributed by atoms with E-state index in [4.69, 9.17) is 19.5 Å². The Balaban J connectivity index is 2.36. The molecule has 0 aliphatic carbocycles. The average molecular weight is 317 g/mol. The second-order valence-corrected chi connectivity index (χ2v) is 4.54. The second kappa shape index (κ2) is 7.75. The lowest BCUT2D eigenvalue weighted by atomic mass is 10.1. The first-order chi connectivity index (χ1) is 10.8. The van der Waals surface area contributed by atoms with Crippen LogP contribution in [0.5, 0.6) is 10.9 Å². The predicted molar refractivity (Wildman–Crippen MR) is 78.0 cm³/mol. The molecule has 2 aromatic rings. The van der Waals surface area contributed by atoms with Crippen molar-refractivity contribution in [2.75, 3.05) is 13.7 Å². The molecule has 7 nitrogen and oxygen atoms in total. The van der Waals surface area contributed by atoms with Gasteiger partial charge in [0, 0.05) is 17.1 Å². The fraction of sp³-hybridized carbons (Fsp3) is 0.143. The van der Waals surface area contributed by atoms with Crippen LogP contribution in [0.2, 0.25) is 0 Å². The molecule has 0 radical (unpaired) electrons. The van der Waals surface area contributed by atoms with Crippen molar-refractivity contribution in [3.63, 3.8) is 0 Å². The SMILES string of the molecule is COC(=O)/C(=C/OCC#N)c1ccccc1Oc1ncns1. The number of rotatable bonds is 6. The van der Waals surface area contributed by atoms with Crippen molar-refractivity contribution in [3.05, 3.63) is 42.4 Å². The fourth-order valence-electron chi connectivity index (χ4n) is 1.57. The number of hydrogen-bond acceptors (Lipinski definition) is 8. The number of carbonyl (C=O) groups is 1. The molecule has 8 heteroatoms. The highest BCUT2D eigenvalue weighted by molar-refractivity contribution is 7.07. The van der Waals surface area contributed by atoms with E-state index in [0.29, 0.717) is 16.5 Å². The first-order valence-corrected chi connectivity index (χ1v) is 6.84. The Morgan fingerprint density at radius 3 is 2.95 bits per heavy atom. The average Bonchev–Trinajstić information content (AvgIpc) is 3.05. The quantitative estimate of drug-likeness (QED) is 0.349. The normalized spacial score (nSPS) is 10.6. The number of para-hydroxylation sites is 1. The number of aromatic nitrogens is 2. The zero-order chi connectivity index (χ0) is 15.8. The summed E-state index contributed by atoms with van der Waals surface area (Å²) in [5.41, 5.74) is 0.598. The molecule has 0 N–H and O–H groups in total. The van der Waals surface area contributed by atoms with Crippen molar-refractivity contribution in [3.8, 4) is 17.0 Å². The summed E-state index contributed by atoms with van der Waals surface area (Å²) in [5.74, 6) is -0.206. The van der Waals surface area contributed by atoms with E-state index in [9.17, 15) is 4.79 Å². The summed E-state index contributed by atoms with van der Waals surface area (Å²) in [4.78, 5) is 15.9. The highest BCUT2D eigenvalue weighted by Crippen LogP contribution is 2.31. The molecule has 0 spiro atoms. The van der Waals surface area contributed by atoms with Gasteiger partial charge in [-0.3, -0.25) is 0 Å². The third-order valence-electron chi connectivity index (χ3n) is 2.47. The van der Waals surface area contributed by atoms with Gasteiger partial charge in [-0.05, 0) is 6.07 Å². The van der Waals surface area contributed by atoms with Gasteiger partial charge in [-0.15, -0.1) is 0 Å². The van der Waals surface area contributed by atoms with Gasteiger partial charge in [-0.25, -0.2) is 4.79 Å². The van der Waals surface area contributed by atoms with E-state index in [1.807, 2.05) is 6.07 Å². The van der Waals surface area contributed by atoms with Gasteiger partial charge in [0.1, 0.15) is 23.7 Å². The third-order valence-corrected chi connectivity index (χ3v) is 3.01. The Labute approximate surface area is 130 Å². The molecule has 0 aliphatic heterocycles. The summed E-state index contributed by atoms with van der Waals surface area (Å²) in [6.07, 6.45) is 2.55. The second-order valence-electron chi connectivity index (χ2n) is 3.80. The van der Waals surface area contributed by atoms with E-state index in [1.54, 1.807) is 24.3 Å². The Bertz CT molecular complexity index is 707. The number of nitrogens with zero attached hydrogens (tertiary/aromatic N) is 3. The van der Waals surface area contributed by atoms with Crippen molar-refractivity contribution >= 4 is 23.1 Å². The minimum Gasteiger partial charge on any atom is -0.485 e. The summed E-state index contributed by atoms with van der Waals surface area (Å²) in [6, 6.07) is 8.66. The molecule has 0 bridgehead atoms. The number of methoxy groups -OCH3 is 1. The number of esters is 1. The molecule has 0 amide bonds. The summed E-state index contributed by atoms with van der Waals surface area (Å²) in [5, 5.41) is 8.85. The van der Waals surface area contributed by atoms with E-state index < -0.39 is 5.97 Å². The van der Waals surface area contributed by atoms with E-state index in [0.717, 1.165) is 11.5 Å². The molecule has 0 saturated carbocycles. The number of nitriles is 1. The lowest BCUT2D eigenvalue weighted by Gasteiger charge is -2.10. The molecule has 1 aromatic heterocycles. The summed E-state index contributed by atoms with van der Waals surface area (Å²) in [7, 11) is 1.26. The van der Waals surface area contributed by atoms with E-state index in [-0.39, 0.29) is 12.2 Å². The highest BCUT2D eigenvalue weighted by Gasteiger charge is 2.18. The molecule has 1 aromatic carbocycles. The van der Waals surface area contributed by atoms with Crippen LogP contribution < -0.4 is 4.74 Å². The minimum absolute atomic E-state index is 0.137. The Morgan fingerprint density at radius 1 is 1.45 bits per heavy atom. The van der Waals surface area contributed by atoms with Crippen LogP contribution in [0.4, 0.5) is 0 Å². The molecule has 0 unspecified atom stereocenters. The van der Waals surface area contributed by atoms with Crippen LogP contribution in [0.15, 0.2) is 36.9 Å². The van der Waals surface area contributed by atoms with Crippen LogP contribution in [0.25, 0.3) is 5.57 Å². The van der Waals surface area contributed by atoms with E-state index in [2.05, 4.69) is 9.36 Å². The monoisotopic (exact) mass is 317 g/mol. The molecular formula is C14H11N3O4S. The molecule has 0 atom stereocenters. The van der Waals surface area contributed by atoms with Gasteiger partial charge in [0.2, 0.25) is 0 Å². The van der Waals surface area contributed by atoms with Crippen molar-refractivity contribution in [1.82, 2.24) is 9.36 Å². The maximum Gasteiger partial charge on any atom is 0.341 e. The lowest BCUT2D eigenvalue weighted by Crippen LogP contribution is -2.06. The summed E-state index contributed by atoms with van der Waals surface area (Å²) in [6.45, 7) is -0.181. The molecule has 0 saturated heterocycles.